The Morgan fingerprint density at radius 3 is 1.81 bits per heavy atom. The molecular weight excluding hydrogens is 228 g/mol. The van der Waals surface area contributed by atoms with Crippen molar-refractivity contribution < 1.29 is 19.2 Å². The van der Waals surface area contributed by atoms with Crippen LogP contribution in [-0.4, -0.2) is 34.6 Å². The zero-order valence-corrected chi connectivity index (χ0v) is 9.71. The van der Waals surface area contributed by atoms with Crippen LogP contribution in [0.15, 0.2) is 12.2 Å². The molecule has 0 radical (unpaired) electrons. The van der Waals surface area contributed by atoms with Gasteiger partial charge in [0.25, 0.3) is 0 Å². The number of allylic oxidation sites excluding steroid dienone is 2. The van der Waals surface area contributed by atoms with Crippen LogP contribution in [0.2, 0.25) is 0 Å². The fourth-order valence-corrected chi connectivity index (χ4v) is 2.09. The number of thioether (sulfide) groups is 1. The topological polar surface area (TPSA) is 68.3 Å². The average molecular weight is 240 g/mol. The second kappa shape index (κ2) is 5.75. The fourth-order valence-electron chi connectivity index (χ4n) is 1.39. The van der Waals surface area contributed by atoms with Crippen LogP contribution in [0.4, 0.5) is 0 Å². The Bertz CT molecular complexity index is 354. The van der Waals surface area contributed by atoms with Gasteiger partial charge in [0, 0.05) is 6.42 Å². The van der Waals surface area contributed by atoms with E-state index in [-0.39, 0.29) is 41.2 Å². The van der Waals surface area contributed by atoms with E-state index in [4.69, 9.17) is 0 Å². The molecule has 1 saturated carbocycles. The van der Waals surface area contributed by atoms with Crippen LogP contribution >= 0.6 is 11.8 Å². The van der Waals surface area contributed by atoms with Gasteiger partial charge in [-0.25, -0.2) is 0 Å². The first-order valence-electron chi connectivity index (χ1n) is 4.84. The Hall–Kier alpha value is -1.23. The Labute approximate surface area is 97.5 Å². The molecular formula is C11H12O4S. The lowest BCUT2D eigenvalue weighted by Gasteiger charge is -1.97. The van der Waals surface area contributed by atoms with E-state index in [1.54, 1.807) is 0 Å². The van der Waals surface area contributed by atoms with Crippen molar-refractivity contribution in [3.05, 3.63) is 12.2 Å². The molecule has 0 amide bonds. The minimum Gasteiger partial charge on any atom is -0.299 e. The van der Waals surface area contributed by atoms with Gasteiger partial charge in [-0.3, -0.25) is 19.2 Å². The first kappa shape index (κ1) is 12.8. The molecule has 0 aliphatic heterocycles. The Morgan fingerprint density at radius 1 is 1.06 bits per heavy atom. The first-order chi connectivity index (χ1) is 7.52. The van der Waals surface area contributed by atoms with Crippen molar-refractivity contribution in [1.82, 2.24) is 0 Å². The molecule has 86 valence electrons. The van der Waals surface area contributed by atoms with Crippen LogP contribution in [0.5, 0.6) is 0 Å². The number of hydrogen-bond acceptors (Lipinski definition) is 5. The SMILES string of the molecule is CSC1CC(=O)CC1=O.O=C1C=CC(=O)C1. The highest BCUT2D eigenvalue weighted by molar-refractivity contribution is 8.00. The summed E-state index contributed by atoms with van der Waals surface area (Å²) in [5.74, 6) is 0.0434. The van der Waals surface area contributed by atoms with Crippen molar-refractivity contribution in [2.45, 2.75) is 24.5 Å². The van der Waals surface area contributed by atoms with Gasteiger partial charge in [0.05, 0.1) is 18.1 Å². The standard InChI is InChI=1S/C6H8O2S.C5H4O2/c1-9-6-3-4(7)2-5(6)8;6-4-1-2-5(7)3-4/h6H,2-3H2,1H3;1-2H,3H2. The maximum atomic E-state index is 10.8. The average Bonchev–Trinajstić information content (AvgIpc) is 2.73. The van der Waals surface area contributed by atoms with Gasteiger partial charge in [-0.15, -0.1) is 0 Å². The lowest BCUT2D eigenvalue weighted by molar-refractivity contribution is -0.122. The number of rotatable bonds is 1. The second-order valence-electron chi connectivity index (χ2n) is 3.55. The van der Waals surface area contributed by atoms with E-state index < -0.39 is 0 Å². The van der Waals surface area contributed by atoms with Crippen LogP contribution in [0.1, 0.15) is 19.3 Å². The molecule has 0 heterocycles. The zero-order chi connectivity index (χ0) is 12.1. The van der Waals surface area contributed by atoms with E-state index >= 15 is 0 Å². The Kier molecular flexibility index (Phi) is 4.61. The second-order valence-corrected chi connectivity index (χ2v) is 4.59. The van der Waals surface area contributed by atoms with Gasteiger partial charge in [0.1, 0.15) is 5.78 Å². The molecule has 0 spiro atoms. The summed E-state index contributed by atoms with van der Waals surface area (Å²) in [6.45, 7) is 0. The van der Waals surface area contributed by atoms with Gasteiger partial charge in [-0.05, 0) is 18.4 Å². The molecule has 0 N–H and O–H groups in total. The summed E-state index contributed by atoms with van der Waals surface area (Å²) in [4.78, 5) is 41.7. The highest BCUT2D eigenvalue weighted by Gasteiger charge is 2.29. The van der Waals surface area contributed by atoms with Crippen molar-refractivity contribution in [2.75, 3.05) is 6.26 Å². The van der Waals surface area contributed by atoms with Crippen LogP contribution < -0.4 is 0 Å². The van der Waals surface area contributed by atoms with Crippen LogP contribution in [0, 0.1) is 0 Å². The largest absolute Gasteiger partial charge is 0.299 e. The summed E-state index contributed by atoms with van der Waals surface area (Å²) in [7, 11) is 0. The lowest BCUT2D eigenvalue weighted by Crippen LogP contribution is -2.06. The van der Waals surface area contributed by atoms with Crippen molar-refractivity contribution in [2.24, 2.45) is 0 Å². The highest BCUT2D eigenvalue weighted by atomic mass is 32.2. The van der Waals surface area contributed by atoms with E-state index in [2.05, 4.69) is 0 Å². The van der Waals surface area contributed by atoms with Crippen molar-refractivity contribution in [1.29, 1.82) is 0 Å². The number of Topliss-reactive ketones (excluding diaryl/α,β-unsaturated/α-hetero) is 2. The number of hydrogen-bond donors (Lipinski definition) is 0. The zero-order valence-electron chi connectivity index (χ0n) is 8.89. The predicted molar refractivity (Wildman–Crippen MR) is 60.3 cm³/mol. The van der Waals surface area contributed by atoms with Gasteiger partial charge in [-0.2, -0.15) is 11.8 Å². The maximum Gasteiger partial charge on any atom is 0.163 e. The summed E-state index contributed by atoms with van der Waals surface area (Å²) in [5, 5.41) is -0.0301. The van der Waals surface area contributed by atoms with Crippen LogP contribution in [-0.2, 0) is 19.2 Å². The van der Waals surface area contributed by atoms with Gasteiger partial charge >= 0.3 is 0 Å². The van der Waals surface area contributed by atoms with E-state index in [1.165, 1.54) is 23.9 Å². The molecule has 4 nitrogen and oxygen atoms in total. The molecule has 0 aromatic carbocycles. The maximum absolute atomic E-state index is 10.8. The summed E-state index contributed by atoms with van der Waals surface area (Å²) < 4.78 is 0. The van der Waals surface area contributed by atoms with Gasteiger partial charge in [0.2, 0.25) is 0 Å². The third-order valence-electron chi connectivity index (χ3n) is 2.23. The van der Waals surface area contributed by atoms with Crippen LogP contribution in [0.25, 0.3) is 0 Å². The van der Waals surface area contributed by atoms with Crippen molar-refractivity contribution in [3.63, 3.8) is 0 Å². The molecule has 2 aliphatic carbocycles. The molecule has 2 rings (SSSR count). The molecule has 0 saturated heterocycles. The highest BCUT2D eigenvalue weighted by Crippen LogP contribution is 2.21. The normalized spacial score (nSPS) is 23.7. The lowest BCUT2D eigenvalue weighted by atomic mass is 10.3. The van der Waals surface area contributed by atoms with Crippen molar-refractivity contribution in [3.8, 4) is 0 Å². The fraction of sp³-hybridized carbons (Fsp3) is 0.455. The minimum atomic E-state index is -0.0787. The smallest absolute Gasteiger partial charge is 0.163 e. The summed E-state index contributed by atoms with van der Waals surface area (Å²) in [6, 6.07) is 0. The number of carbonyl (C=O) groups is 4. The molecule has 0 aromatic heterocycles. The third kappa shape index (κ3) is 3.73. The molecule has 1 atom stereocenters. The first-order valence-corrected chi connectivity index (χ1v) is 6.12. The molecule has 16 heavy (non-hydrogen) atoms. The monoisotopic (exact) mass is 240 g/mol. The van der Waals surface area contributed by atoms with Gasteiger partial charge in [-0.1, -0.05) is 0 Å². The molecule has 0 bridgehead atoms. The summed E-state index contributed by atoms with van der Waals surface area (Å²) >= 11 is 1.47. The van der Waals surface area contributed by atoms with Gasteiger partial charge < -0.3 is 0 Å². The number of carbonyl (C=O) groups excluding carboxylic acids is 4. The molecule has 1 unspecified atom stereocenters. The third-order valence-corrected chi connectivity index (χ3v) is 3.23. The molecule has 0 aromatic rings. The molecule has 2 aliphatic rings. The van der Waals surface area contributed by atoms with Crippen LogP contribution in [0.3, 0.4) is 0 Å². The van der Waals surface area contributed by atoms with Crippen molar-refractivity contribution >= 4 is 34.9 Å². The van der Waals surface area contributed by atoms with Gasteiger partial charge in [0.15, 0.2) is 17.3 Å². The quantitative estimate of drug-likeness (QED) is 0.632. The van der Waals surface area contributed by atoms with E-state index in [0.29, 0.717) is 6.42 Å². The van der Waals surface area contributed by atoms with E-state index in [9.17, 15) is 19.2 Å². The Morgan fingerprint density at radius 2 is 1.62 bits per heavy atom. The summed E-state index contributed by atoms with van der Waals surface area (Å²) in [6.07, 6.45) is 5.19. The number of ketones is 4. The Balaban J connectivity index is 0.000000165. The molecule has 1 fully saturated rings. The predicted octanol–water partition coefficient (Wildman–Crippen LogP) is 0.735. The van der Waals surface area contributed by atoms with E-state index in [1.807, 2.05) is 6.26 Å². The molecule has 5 heteroatoms. The van der Waals surface area contributed by atoms with E-state index in [0.717, 1.165) is 0 Å². The summed E-state index contributed by atoms with van der Waals surface area (Å²) in [5.41, 5.74) is 0. The minimum absolute atomic E-state index is 0.0301.